The van der Waals surface area contributed by atoms with Gasteiger partial charge in [0, 0.05) is 19.4 Å². The fourth-order valence-corrected chi connectivity index (χ4v) is 3.85. The lowest BCUT2D eigenvalue weighted by Crippen LogP contribution is -2.43. The highest BCUT2D eigenvalue weighted by Gasteiger charge is 2.30. The number of amides is 1. The Balaban J connectivity index is 1.56. The van der Waals surface area contributed by atoms with Gasteiger partial charge in [0.1, 0.15) is 19.3 Å². The maximum absolute atomic E-state index is 12.5. The third kappa shape index (κ3) is 6.79. The minimum Gasteiger partial charge on any atom is -0.481 e. The zero-order valence-corrected chi connectivity index (χ0v) is 19.0. The number of carboxylic acids is 1. The lowest BCUT2D eigenvalue weighted by Gasteiger charge is -2.19. The van der Waals surface area contributed by atoms with E-state index in [1.807, 2.05) is 48.5 Å². The molecule has 0 saturated carbocycles. The highest BCUT2D eigenvalue weighted by atomic mass is 16.6. The average Bonchev–Trinajstić information content (AvgIpc) is 3.16. The molecule has 34 heavy (non-hydrogen) atoms. The van der Waals surface area contributed by atoms with Crippen molar-refractivity contribution in [3.63, 3.8) is 0 Å². The van der Waals surface area contributed by atoms with Gasteiger partial charge in [-0.2, -0.15) is 0 Å². The van der Waals surface area contributed by atoms with Crippen LogP contribution in [0.15, 0.2) is 48.5 Å². The summed E-state index contributed by atoms with van der Waals surface area (Å²) in [5, 5.41) is 11.4. The Morgan fingerprint density at radius 2 is 1.53 bits per heavy atom. The van der Waals surface area contributed by atoms with Crippen LogP contribution in [0.1, 0.15) is 29.9 Å². The summed E-state index contributed by atoms with van der Waals surface area (Å²) in [6.07, 6.45) is -1.25. The van der Waals surface area contributed by atoms with E-state index in [1.165, 1.54) is 0 Å². The van der Waals surface area contributed by atoms with Gasteiger partial charge in [-0.25, -0.2) is 9.59 Å². The summed E-state index contributed by atoms with van der Waals surface area (Å²) in [4.78, 5) is 35.9. The molecule has 2 N–H and O–H groups in total. The topological polar surface area (TPSA) is 120 Å². The van der Waals surface area contributed by atoms with E-state index in [0.29, 0.717) is 13.2 Å². The zero-order chi connectivity index (χ0) is 24.3. The molecule has 0 fully saturated rings. The van der Waals surface area contributed by atoms with Gasteiger partial charge in [-0.3, -0.25) is 4.79 Å². The maximum Gasteiger partial charge on any atom is 0.407 e. The first kappa shape index (κ1) is 25.2. The van der Waals surface area contributed by atoms with E-state index in [0.717, 1.165) is 22.3 Å². The Morgan fingerprint density at radius 1 is 0.912 bits per heavy atom. The number of aliphatic carboxylic acids is 1. The maximum atomic E-state index is 12.5. The van der Waals surface area contributed by atoms with Gasteiger partial charge >= 0.3 is 18.0 Å². The molecule has 1 aliphatic carbocycles. The van der Waals surface area contributed by atoms with Crippen molar-refractivity contribution in [3.05, 3.63) is 59.7 Å². The smallest absolute Gasteiger partial charge is 0.407 e. The Bertz CT molecular complexity index is 947. The molecule has 9 heteroatoms. The number of alkyl carbamates (subject to hydrolysis) is 1. The number of ether oxygens (including phenoxy) is 4. The van der Waals surface area contributed by atoms with Gasteiger partial charge in [-0.15, -0.1) is 0 Å². The third-order valence-corrected chi connectivity index (χ3v) is 5.47. The van der Waals surface area contributed by atoms with E-state index >= 15 is 0 Å². The minimum atomic E-state index is -1.15. The van der Waals surface area contributed by atoms with Crippen molar-refractivity contribution in [1.29, 1.82) is 0 Å². The molecule has 0 heterocycles. The number of fused-ring (bicyclic) bond motifs is 3. The molecule has 0 bridgehead atoms. The van der Waals surface area contributed by atoms with Crippen molar-refractivity contribution in [2.45, 2.75) is 24.8 Å². The number of carbonyl (C=O) groups is 3. The number of carbonyl (C=O) groups excluding carboxylic acids is 2. The first-order chi connectivity index (χ1) is 16.5. The van der Waals surface area contributed by atoms with E-state index in [9.17, 15) is 14.4 Å². The number of hydrogen-bond acceptors (Lipinski definition) is 7. The molecule has 0 unspecified atom stereocenters. The van der Waals surface area contributed by atoms with Crippen molar-refractivity contribution >= 4 is 18.0 Å². The quantitative estimate of drug-likeness (QED) is 0.338. The normalized spacial score (nSPS) is 13.0. The lowest BCUT2D eigenvalue weighted by molar-refractivity contribution is -0.148. The monoisotopic (exact) mass is 471 g/mol. The van der Waals surface area contributed by atoms with Crippen LogP contribution in [-0.4, -0.2) is 69.3 Å². The van der Waals surface area contributed by atoms with Crippen molar-refractivity contribution in [1.82, 2.24) is 5.32 Å². The molecule has 0 saturated heterocycles. The largest absolute Gasteiger partial charge is 0.481 e. The molecule has 1 atom stereocenters. The zero-order valence-electron chi connectivity index (χ0n) is 19.0. The number of methoxy groups -OCH3 is 1. The van der Waals surface area contributed by atoms with E-state index in [-0.39, 0.29) is 38.6 Å². The number of rotatable bonds is 13. The van der Waals surface area contributed by atoms with Gasteiger partial charge in [0.2, 0.25) is 0 Å². The summed E-state index contributed by atoms with van der Waals surface area (Å²) in [5.41, 5.74) is 4.32. The molecule has 9 nitrogen and oxygen atoms in total. The Hall–Kier alpha value is -3.43. The summed E-state index contributed by atoms with van der Waals surface area (Å²) in [6, 6.07) is 14.7. The molecule has 0 radical (unpaired) electrons. The SMILES string of the molecule is COCCOCCOC(=O)[C@H](CCC(=O)O)NC(=O)OCC1c2ccccc2-c2ccccc21. The first-order valence-corrected chi connectivity index (χ1v) is 11.1. The molecule has 2 aromatic carbocycles. The fraction of sp³-hybridized carbons (Fsp3) is 0.400. The highest BCUT2D eigenvalue weighted by molar-refractivity contribution is 5.82. The van der Waals surface area contributed by atoms with Crippen molar-refractivity contribution < 1.29 is 38.4 Å². The van der Waals surface area contributed by atoms with Crippen LogP contribution in [0.3, 0.4) is 0 Å². The van der Waals surface area contributed by atoms with Crippen LogP contribution in [0, 0.1) is 0 Å². The third-order valence-electron chi connectivity index (χ3n) is 5.47. The molecular weight excluding hydrogens is 442 g/mol. The standard InChI is InChI=1S/C25H29NO8/c1-31-12-13-32-14-15-33-24(29)22(10-11-23(27)28)26-25(30)34-16-21-19-8-4-2-6-17(19)18-7-3-5-9-20(18)21/h2-9,21-22H,10-16H2,1H3,(H,26,30)(H,27,28)/t22-/m0/s1. The van der Waals surface area contributed by atoms with Crippen LogP contribution in [0.2, 0.25) is 0 Å². The number of nitrogens with one attached hydrogen (secondary N) is 1. The van der Waals surface area contributed by atoms with Gasteiger partial charge < -0.3 is 29.4 Å². The molecule has 182 valence electrons. The predicted molar refractivity (Wildman–Crippen MR) is 123 cm³/mol. The van der Waals surface area contributed by atoms with Gasteiger partial charge in [-0.1, -0.05) is 48.5 Å². The number of benzene rings is 2. The second-order valence-corrected chi connectivity index (χ2v) is 7.73. The van der Waals surface area contributed by atoms with Crippen LogP contribution in [0.25, 0.3) is 11.1 Å². The summed E-state index contributed by atoms with van der Waals surface area (Å²) >= 11 is 0. The Morgan fingerprint density at radius 3 is 2.15 bits per heavy atom. The summed E-state index contributed by atoms with van der Waals surface area (Å²) < 4.78 is 20.7. The first-order valence-electron chi connectivity index (χ1n) is 11.1. The number of hydrogen-bond donors (Lipinski definition) is 2. The molecule has 3 rings (SSSR count). The average molecular weight is 472 g/mol. The van der Waals surface area contributed by atoms with E-state index in [4.69, 9.17) is 24.1 Å². The molecular formula is C25H29NO8. The lowest BCUT2D eigenvalue weighted by atomic mass is 9.98. The van der Waals surface area contributed by atoms with Gasteiger partial charge in [-0.05, 0) is 28.7 Å². The van der Waals surface area contributed by atoms with E-state index in [2.05, 4.69) is 5.32 Å². The van der Waals surface area contributed by atoms with Gasteiger partial charge in [0.15, 0.2) is 0 Å². The Labute approximate surface area is 198 Å². The summed E-state index contributed by atoms with van der Waals surface area (Å²) in [6.45, 7) is 0.977. The van der Waals surface area contributed by atoms with Gasteiger partial charge in [0.05, 0.1) is 19.8 Å². The van der Waals surface area contributed by atoms with Crippen LogP contribution in [-0.2, 0) is 28.5 Å². The minimum absolute atomic E-state index is 0.0293. The van der Waals surface area contributed by atoms with Crippen LogP contribution in [0.4, 0.5) is 4.79 Å². The van der Waals surface area contributed by atoms with Crippen LogP contribution in [0.5, 0.6) is 0 Å². The van der Waals surface area contributed by atoms with Crippen LogP contribution < -0.4 is 5.32 Å². The summed E-state index contributed by atoms with van der Waals surface area (Å²) in [7, 11) is 1.55. The predicted octanol–water partition coefficient (Wildman–Crippen LogP) is 2.96. The van der Waals surface area contributed by atoms with Crippen LogP contribution >= 0.6 is 0 Å². The highest BCUT2D eigenvalue weighted by Crippen LogP contribution is 2.44. The fourth-order valence-electron chi connectivity index (χ4n) is 3.85. The van der Waals surface area contributed by atoms with Crippen molar-refractivity contribution in [2.75, 3.05) is 40.1 Å². The molecule has 0 aromatic heterocycles. The second-order valence-electron chi connectivity index (χ2n) is 7.73. The number of carboxylic acid groups (broad SMARTS) is 1. The van der Waals surface area contributed by atoms with Crippen molar-refractivity contribution in [2.24, 2.45) is 0 Å². The number of esters is 1. The molecule has 1 amide bonds. The Kier molecular flexibility index (Phi) is 9.42. The molecule has 0 spiro atoms. The van der Waals surface area contributed by atoms with Crippen molar-refractivity contribution in [3.8, 4) is 11.1 Å². The summed E-state index contributed by atoms with van der Waals surface area (Å²) in [5.74, 6) is -1.97. The van der Waals surface area contributed by atoms with E-state index in [1.54, 1.807) is 7.11 Å². The molecule has 0 aliphatic heterocycles. The second kappa shape index (κ2) is 12.7. The van der Waals surface area contributed by atoms with E-state index < -0.39 is 24.1 Å². The van der Waals surface area contributed by atoms with Gasteiger partial charge in [0.25, 0.3) is 0 Å². The molecule has 1 aliphatic rings. The molecule has 2 aromatic rings.